The monoisotopic (exact) mass is 249 g/mol. The molecule has 1 aromatic carbocycles. The highest BCUT2D eigenvalue weighted by atomic mass is 19.4. The van der Waals surface area contributed by atoms with Crippen molar-refractivity contribution in [1.29, 1.82) is 0 Å². The predicted octanol–water partition coefficient (Wildman–Crippen LogP) is 1.32. The van der Waals surface area contributed by atoms with Crippen LogP contribution >= 0.6 is 0 Å². The van der Waals surface area contributed by atoms with Gasteiger partial charge in [-0.2, -0.15) is 13.2 Å². The number of hydrogen-bond donors (Lipinski definition) is 3. The Bertz CT molecular complexity index is 418. The Balaban J connectivity index is 2.46. The number of carbonyl (C=O) groups excluding carboxylic acids is 1. The molecular weight excluding hydrogens is 239 g/mol. The number of hydrogen-bond acceptors (Lipinski definition) is 3. The summed E-state index contributed by atoms with van der Waals surface area (Å²) in [5, 5.41) is 19.8. The molecule has 0 atom stereocenters. The molecule has 0 heterocycles. The summed E-state index contributed by atoms with van der Waals surface area (Å²) < 4.78 is 35.4. The number of carbonyl (C=O) groups is 1. The van der Waals surface area contributed by atoms with Gasteiger partial charge >= 0.3 is 12.1 Å². The zero-order chi connectivity index (χ0) is 13.1. The van der Waals surface area contributed by atoms with E-state index in [0.29, 0.717) is 5.56 Å². The number of halogens is 3. The normalized spacial score (nSPS) is 11.2. The molecule has 1 rings (SSSR count). The molecule has 4 nitrogen and oxygen atoms in total. The van der Waals surface area contributed by atoms with E-state index in [1.807, 2.05) is 0 Å². The SMILES string of the molecule is O=C(NCCc1ccc(O)c(O)c1)C(F)(F)F. The van der Waals surface area contributed by atoms with Crippen molar-refractivity contribution in [3.8, 4) is 11.5 Å². The van der Waals surface area contributed by atoms with Gasteiger partial charge in [-0.05, 0) is 24.1 Å². The minimum atomic E-state index is -4.89. The summed E-state index contributed by atoms with van der Waals surface area (Å²) in [6.07, 6.45) is -4.77. The molecule has 0 bridgehead atoms. The van der Waals surface area contributed by atoms with E-state index in [-0.39, 0.29) is 24.5 Å². The van der Waals surface area contributed by atoms with Crippen LogP contribution in [0.15, 0.2) is 18.2 Å². The van der Waals surface area contributed by atoms with E-state index in [0.717, 1.165) is 0 Å². The number of phenolic OH excluding ortho intramolecular Hbond substituents is 2. The Morgan fingerprint density at radius 2 is 1.88 bits per heavy atom. The summed E-state index contributed by atoms with van der Waals surface area (Å²) in [6.45, 7) is -0.206. The first-order chi connectivity index (χ1) is 7.80. The Kier molecular flexibility index (Phi) is 3.82. The summed E-state index contributed by atoms with van der Waals surface area (Å²) in [7, 11) is 0. The minimum absolute atomic E-state index is 0.121. The molecule has 94 valence electrons. The zero-order valence-electron chi connectivity index (χ0n) is 8.58. The van der Waals surface area contributed by atoms with Crippen molar-refractivity contribution in [2.75, 3.05) is 6.54 Å². The van der Waals surface area contributed by atoms with Crippen LogP contribution in [0.5, 0.6) is 11.5 Å². The minimum Gasteiger partial charge on any atom is -0.504 e. The fraction of sp³-hybridized carbons (Fsp3) is 0.300. The summed E-state index contributed by atoms with van der Waals surface area (Å²) in [4.78, 5) is 10.5. The molecule has 7 heteroatoms. The molecule has 0 aliphatic rings. The van der Waals surface area contributed by atoms with Gasteiger partial charge in [0.15, 0.2) is 11.5 Å². The largest absolute Gasteiger partial charge is 0.504 e. The molecule has 0 fully saturated rings. The molecule has 0 aliphatic heterocycles. The quantitative estimate of drug-likeness (QED) is 0.707. The van der Waals surface area contributed by atoms with Gasteiger partial charge in [-0.1, -0.05) is 6.07 Å². The van der Waals surface area contributed by atoms with Crippen molar-refractivity contribution < 1.29 is 28.2 Å². The second-order valence-electron chi connectivity index (χ2n) is 3.33. The van der Waals surface area contributed by atoms with Gasteiger partial charge < -0.3 is 15.5 Å². The van der Waals surface area contributed by atoms with Crippen molar-refractivity contribution in [2.24, 2.45) is 0 Å². The fourth-order valence-electron chi connectivity index (χ4n) is 1.15. The Morgan fingerprint density at radius 1 is 1.24 bits per heavy atom. The van der Waals surface area contributed by atoms with Crippen molar-refractivity contribution >= 4 is 5.91 Å². The smallest absolute Gasteiger partial charge is 0.471 e. The van der Waals surface area contributed by atoms with Crippen LogP contribution < -0.4 is 5.32 Å². The van der Waals surface area contributed by atoms with E-state index in [2.05, 4.69) is 0 Å². The van der Waals surface area contributed by atoms with E-state index in [9.17, 15) is 18.0 Å². The van der Waals surface area contributed by atoms with E-state index in [1.165, 1.54) is 18.2 Å². The van der Waals surface area contributed by atoms with Crippen LogP contribution in [0.3, 0.4) is 0 Å². The molecular formula is C10H10F3NO3. The first-order valence-electron chi connectivity index (χ1n) is 4.66. The lowest BCUT2D eigenvalue weighted by Crippen LogP contribution is -2.37. The predicted molar refractivity (Wildman–Crippen MR) is 52.5 cm³/mol. The number of benzene rings is 1. The summed E-state index contributed by atoms with van der Waals surface area (Å²) in [6, 6.07) is 3.88. The van der Waals surface area contributed by atoms with Gasteiger partial charge in [0.2, 0.25) is 0 Å². The zero-order valence-corrected chi connectivity index (χ0v) is 8.58. The van der Waals surface area contributed by atoms with Crippen LogP contribution in [0.2, 0.25) is 0 Å². The van der Waals surface area contributed by atoms with Crippen LogP contribution in [-0.2, 0) is 11.2 Å². The van der Waals surface area contributed by atoms with Crippen LogP contribution in [-0.4, -0.2) is 28.8 Å². The average Bonchev–Trinajstić information content (AvgIpc) is 2.22. The first kappa shape index (κ1) is 13.1. The summed E-state index contributed by atoms with van der Waals surface area (Å²) >= 11 is 0. The van der Waals surface area contributed by atoms with Crippen LogP contribution in [0.4, 0.5) is 13.2 Å². The maximum atomic E-state index is 11.8. The van der Waals surface area contributed by atoms with Gasteiger partial charge in [-0.3, -0.25) is 4.79 Å². The fourth-order valence-corrected chi connectivity index (χ4v) is 1.15. The second kappa shape index (κ2) is 4.94. The number of nitrogens with one attached hydrogen (secondary N) is 1. The molecule has 0 aliphatic carbocycles. The molecule has 1 amide bonds. The van der Waals surface area contributed by atoms with E-state index in [1.54, 1.807) is 5.32 Å². The Hall–Kier alpha value is -1.92. The van der Waals surface area contributed by atoms with Crippen molar-refractivity contribution in [3.05, 3.63) is 23.8 Å². The molecule has 0 spiro atoms. The third kappa shape index (κ3) is 3.86. The number of alkyl halides is 3. The molecule has 0 saturated heterocycles. The number of phenols is 2. The molecule has 0 saturated carbocycles. The first-order valence-corrected chi connectivity index (χ1v) is 4.66. The summed E-state index contributed by atoms with van der Waals surface area (Å²) in [5.74, 6) is -2.67. The number of aromatic hydroxyl groups is 2. The molecule has 0 aromatic heterocycles. The van der Waals surface area contributed by atoms with Crippen LogP contribution in [0.25, 0.3) is 0 Å². The third-order valence-electron chi connectivity index (χ3n) is 2.00. The van der Waals surface area contributed by atoms with Crippen molar-refractivity contribution in [2.45, 2.75) is 12.6 Å². The lowest BCUT2D eigenvalue weighted by atomic mass is 10.1. The van der Waals surface area contributed by atoms with Gasteiger partial charge in [0.05, 0.1) is 0 Å². The maximum Gasteiger partial charge on any atom is 0.471 e. The van der Waals surface area contributed by atoms with Crippen LogP contribution in [0.1, 0.15) is 5.56 Å². The van der Waals surface area contributed by atoms with Crippen molar-refractivity contribution in [3.63, 3.8) is 0 Å². The van der Waals surface area contributed by atoms with Gasteiger partial charge in [-0.15, -0.1) is 0 Å². The number of rotatable bonds is 3. The van der Waals surface area contributed by atoms with Gasteiger partial charge in [0.1, 0.15) is 0 Å². The van der Waals surface area contributed by atoms with Gasteiger partial charge in [-0.25, -0.2) is 0 Å². The highest BCUT2D eigenvalue weighted by Gasteiger charge is 2.38. The lowest BCUT2D eigenvalue weighted by Gasteiger charge is -2.08. The van der Waals surface area contributed by atoms with Gasteiger partial charge in [0, 0.05) is 6.54 Å². The average molecular weight is 249 g/mol. The molecule has 17 heavy (non-hydrogen) atoms. The second-order valence-corrected chi connectivity index (χ2v) is 3.33. The molecule has 1 aromatic rings. The van der Waals surface area contributed by atoms with E-state index >= 15 is 0 Å². The van der Waals surface area contributed by atoms with E-state index in [4.69, 9.17) is 10.2 Å². The molecule has 3 N–H and O–H groups in total. The molecule has 0 unspecified atom stereocenters. The Labute approximate surface area is 94.7 Å². The maximum absolute atomic E-state index is 11.8. The standard InChI is InChI=1S/C10H10F3NO3/c11-10(12,13)9(17)14-4-3-6-1-2-7(15)8(16)5-6/h1-2,5,15-16H,3-4H2,(H,14,17). The highest BCUT2D eigenvalue weighted by molar-refractivity contribution is 5.81. The third-order valence-corrected chi connectivity index (χ3v) is 2.00. The summed E-state index contributed by atoms with van der Waals surface area (Å²) in [5.41, 5.74) is 0.503. The molecule has 0 radical (unpaired) electrons. The highest BCUT2D eigenvalue weighted by Crippen LogP contribution is 2.24. The topological polar surface area (TPSA) is 69.6 Å². The van der Waals surface area contributed by atoms with Crippen molar-refractivity contribution in [1.82, 2.24) is 5.32 Å². The van der Waals surface area contributed by atoms with Gasteiger partial charge in [0.25, 0.3) is 0 Å². The number of amides is 1. The Morgan fingerprint density at radius 3 is 2.41 bits per heavy atom. The lowest BCUT2D eigenvalue weighted by molar-refractivity contribution is -0.173. The van der Waals surface area contributed by atoms with Crippen LogP contribution in [0, 0.1) is 0 Å². The van der Waals surface area contributed by atoms with E-state index < -0.39 is 12.1 Å².